The number of carbonyl (C=O) groups excluding carboxylic acids is 1. The normalized spacial score (nSPS) is 12.9. The van der Waals surface area contributed by atoms with Crippen molar-refractivity contribution in [2.45, 2.75) is 53.4 Å². The van der Waals surface area contributed by atoms with Gasteiger partial charge in [-0.25, -0.2) is 0 Å². The molecule has 1 heterocycles. The minimum atomic E-state index is -0.236. The van der Waals surface area contributed by atoms with Gasteiger partial charge in [0, 0.05) is 10.3 Å². The first-order valence-electron chi connectivity index (χ1n) is 5.83. The first kappa shape index (κ1) is 13.4. The van der Waals surface area contributed by atoms with E-state index in [9.17, 15) is 4.79 Å². The smallest absolute Gasteiger partial charge is 0.178 e. The van der Waals surface area contributed by atoms with Gasteiger partial charge in [0.25, 0.3) is 0 Å². The number of thiophene rings is 1. The van der Waals surface area contributed by atoms with E-state index in [1.54, 1.807) is 11.3 Å². The molecule has 0 fully saturated rings. The van der Waals surface area contributed by atoms with E-state index in [0.29, 0.717) is 0 Å². The Labute approximate surface area is 103 Å². The molecule has 1 aromatic heterocycles. The van der Waals surface area contributed by atoms with Crippen LogP contribution < -0.4 is 0 Å². The van der Waals surface area contributed by atoms with Gasteiger partial charge >= 0.3 is 0 Å². The average molecular weight is 238 g/mol. The van der Waals surface area contributed by atoms with Gasteiger partial charge in [-0.3, -0.25) is 4.79 Å². The number of ketones is 1. The Balaban J connectivity index is 3.00. The van der Waals surface area contributed by atoms with Crippen molar-refractivity contribution in [3.63, 3.8) is 0 Å². The molecule has 1 rings (SSSR count). The summed E-state index contributed by atoms with van der Waals surface area (Å²) in [4.78, 5) is 14.4. The van der Waals surface area contributed by atoms with E-state index in [1.807, 2.05) is 19.9 Å². The van der Waals surface area contributed by atoms with Gasteiger partial charge < -0.3 is 0 Å². The zero-order valence-electron chi connectivity index (χ0n) is 11.2. The van der Waals surface area contributed by atoms with Crippen molar-refractivity contribution in [3.8, 4) is 0 Å². The molecule has 0 bridgehead atoms. The molecular formula is C14H22OS. The Kier molecular flexibility index (Phi) is 3.63. The van der Waals surface area contributed by atoms with E-state index in [-0.39, 0.29) is 16.6 Å². The molecule has 0 unspecified atom stereocenters. The second-order valence-corrected chi connectivity index (χ2v) is 7.06. The zero-order chi connectivity index (χ0) is 12.6. The molecule has 0 aliphatic carbocycles. The third-order valence-electron chi connectivity index (χ3n) is 3.07. The van der Waals surface area contributed by atoms with Gasteiger partial charge in [0.1, 0.15) is 0 Å². The molecule has 1 aromatic rings. The summed E-state index contributed by atoms with van der Waals surface area (Å²) >= 11 is 1.64. The molecule has 1 nitrogen and oxygen atoms in total. The Hall–Kier alpha value is -0.630. The number of hydrogen-bond donors (Lipinski definition) is 0. The lowest BCUT2D eigenvalue weighted by Crippen LogP contribution is -2.22. The summed E-state index contributed by atoms with van der Waals surface area (Å²) in [5, 5.41) is 0. The number of rotatable bonds is 3. The van der Waals surface area contributed by atoms with Crippen LogP contribution in [-0.2, 0) is 5.41 Å². The van der Waals surface area contributed by atoms with Crippen LogP contribution in [0, 0.1) is 5.41 Å². The van der Waals surface area contributed by atoms with Gasteiger partial charge in [-0.1, -0.05) is 41.5 Å². The van der Waals surface area contributed by atoms with E-state index >= 15 is 0 Å². The third kappa shape index (κ3) is 2.73. The molecule has 0 spiro atoms. The van der Waals surface area contributed by atoms with Crippen LogP contribution in [0.5, 0.6) is 0 Å². The van der Waals surface area contributed by atoms with Crippen molar-refractivity contribution in [2.75, 3.05) is 0 Å². The molecule has 2 heteroatoms. The third-order valence-corrected chi connectivity index (χ3v) is 4.58. The maximum atomic E-state index is 12.2. The van der Waals surface area contributed by atoms with Gasteiger partial charge in [0.2, 0.25) is 0 Å². The quantitative estimate of drug-likeness (QED) is 0.700. The van der Waals surface area contributed by atoms with Crippen LogP contribution in [0.4, 0.5) is 0 Å². The lowest BCUT2D eigenvalue weighted by molar-refractivity contribution is 0.0837. The minimum Gasteiger partial charge on any atom is -0.293 e. The highest BCUT2D eigenvalue weighted by Crippen LogP contribution is 2.33. The maximum Gasteiger partial charge on any atom is 0.178 e. The summed E-state index contributed by atoms with van der Waals surface area (Å²) in [5.41, 5.74) is -0.0977. The lowest BCUT2D eigenvalue weighted by Gasteiger charge is -2.20. The standard InChI is InChI=1S/C14H22OS/c1-7-14(5,6)12(15)10-8-9-11(16-10)13(2,3)4/h8-9H,7H2,1-6H3. The molecule has 0 amide bonds. The van der Waals surface area contributed by atoms with Gasteiger partial charge in [-0.15, -0.1) is 11.3 Å². The van der Waals surface area contributed by atoms with Crippen molar-refractivity contribution in [1.82, 2.24) is 0 Å². The topological polar surface area (TPSA) is 17.1 Å². The largest absolute Gasteiger partial charge is 0.293 e. The second kappa shape index (κ2) is 4.33. The molecular weight excluding hydrogens is 216 g/mol. The van der Waals surface area contributed by atoms with E-state index in [1.165, 1.54) is 4.88 Å². The van der Waals surface area contributed by atoms with Crippen LogP contribution in [-0.4, -0.2) is 5.78 Å². The van der Waals surface area contributed by atoms with Crippen LogP contribution in [0.1, 0.15) is 62.5 Å². The maximum absolute atomic E-state index is 12.2. The molecule has 0 atom stereocenters. The highest BCUT2D eigenvalue weighted by molar-refractivity contribution is 7.14. The molecule has 0 aromatic carbocycles. The van der Waals surface area contributed by atoms with Crippen molar-refractivity contribution < 1.29 is 4.79 Å². The van der Waals surface area contributed by atoms with Gasteiger partial charge in [0.05, 0.1) is 4.88 Å². The first-order valence-corrected chi connectivity index (χ1v) is 6.65. The monoisotopic (exact) mass is 238 g/mol. The van der Waals surface area contributed by atoms with E-state index < -0.39 is 0 Å². The van der Waals surface area contributed by atoms with Crippen LogP contribution in [0.15, 0.2) is 12.1 Å². The Morgan fingerprint density at radius 3 is 2.12 bits per heavy atom. The van der Waals surface area contributed by atoms with Crippen molar-refractivity contribution >= 4 is 17.1 Å². The minimum absolute atomic E-state index is 0.138. The number of carbonyl (C=O) groups is 1. The van der Waals surface area contributed by atoms with Crippen LogP contribution >= 0.6 is 11.3 Å². The lowest BCUT2D eigenvalue weighted by atomic mass is 9.84. The molecule has 0 saturated heterocycles. The van der Waals surface area contributed by atoms with E-state index in [0.717, 1.165) is 11.3 Å². The van der Waals surface area contributed by atoms with Gasteiger partial charge in [-0.05, 0) is 24.0 Å². The predicted molar refractivity (Wildman–Crippen MR) is 71.4 cm³/mol. The van der Waals surface area contributed by atoms with Crippen molar-refractivity contribution in [3.05, 3.63) is 21.9 Å². The fourth-order valence-electron chi connectivity index (χ4n) is 1.36. The zero-order valence-corrected chi connectivity index (χ0v) is 12.0. The molecule has 0 aliphatic heterocycles. The summed E-state index contributed by atoms with van der Waals surface area (Å²) in [6.45, 7) is 12.6. The highest BCUT2D eigenvalue weighted by atomic mass is 32.1. The van der Waals surface area contributed by atoms with Crippen LogP contribution in [0.25, 0.3) is 0 Å². The molecule has 0 aliphatic rings. The molecule has 0 N–H and O–H groups in total. The first-order chi connectivity index (χ1) is 7.18. The average Bonchev–Trinajstić information content (AvgIpc) is 2.64. The molecule has 16 heavy (non-hydrogen) atoms. The van der Waals surface area contributed by atoms with Crippen molar-refractivity contribution in [2.24, 2.45) is 5.41 Å². The fourth-order valence-corrected chi connectivity index (χ4v) is 2.54. The van der Waals surface area contributed by atoms with Gasteiger partial charge in [0.15, 0.2) is 5.78 Å². The summed E-state index contributed by atoms with van der Waals surface area (Å²) in [6, 6.07) is 4.06. The summed E-state index contributed by atoms with van der Waals surface area (Å²) in [6.07, 6.45) is 0.884. The molecule has 0 radical (unpaired) electrons. The predicted octanol–water partition coefficient (Wildman–Crippen LogP) is 4.66. The molecule has 90 valence electrons. The summed E-state index contributed by atoms with van der Waals surface area (Å²) in [7, 11) is 0. The summed E-state index contributed by atoms with van der Waals surface area (Å²) in [5.74, 6) is 0.274. The van der Waals surface area contributed by atoms with Crippen LogP contribution in [0.3, 0.4) is 0 Å². The fraction of sp³-hybridized carbons (Fsp3) is 0.643. The number of hydrogen-bond acceptors (Lipinski definition) is 2. The van der Waals surface area contributed by atoms with Crippen LogP contribution in [0.2, 0.25) is 0 Å². The highest BCUT2D eigenvalue weighted by Gasteiger charge is 2.28. The Morgan fingerprint density at radius 2 is 1.75 bits per heavy atom. The summed E-state index contributed by atoms with van der Waals surface area (Å²) < 4.78 is 0. The SMILES string of the molecule is CCC(C)(C)C(=O)c1ccc(C(C)(C)C)s1. The van der Waals surface area contributed by atoms with Crippen molar-refractivity contribution in [1.29, 1.82) is 0 Å². The Bertz CT molecular complexity index is 380. The van der Waals surface area contributed by atoms with E-state index in [2.05, 4.69) is 33.8 Å². The van der Waals surface area contributed by atoms with Gasteiger partial charge in [-0.2, -0.15) is 0 Å². The Morgan fingerprint density at radius 1 is 1.19 bits per heavy atom. The van der Waals surface area contributed by atoms with E-state index in [4.69, 9.17) is 0 Å². The second-order valence-electron chi connectivity index (χ2n) is 5.98. The molecule has 0 saturated carbocycles. The number of Topliss-reactive ketones (excluding diaryl/α,β-unsaturated/α-hetero) is 1.